The molecule has 1 atom stereocenters. The Kier molecular flexibility index (Phi) is 4.29. The Bertz CT molecular complexity index is 310. The summed E-state index contributed by atoms with van der Waals surface area (Å²) in [5, 5.41) is 9.36. The van der Waals surface area contributed by atoms with Gasteiger partial charge in [0.2, 0.25) is 0 Å². The highest BCUT2D eigenvalue weighted by atomic mass is 35.5. The standard InChI is InChI=1S/C10H11ClO2S/c1-7(10(12)13)6-14-9-4-2-8(11)3-5-9/h2-5,7H,6H2,1H3,(H,12,13)/t7-/m1/s1. The van der Waals surface area contributed by atoms with Gasteiger partial charge in [0.25, 0.3) is 0 Å². The maximum Gasteiger partial charge on any atom is 0.307 e. The van der Waals surface area contributed by atoms with Crippen LogP contribution in [-0.2, 0) is 4.79 Å². The predicted molar refractivity (Wildman–Crippen MR) is 59.0 cm³/mol. The average Bonchev–Trinajstić information content (AvgIpc) is 2.16. The predicted octanol–water partition coefficient (Wildman–Crippen LogP) is 3.15. The molecule has 0 aromatic heterocycles. The highest BCUT2D eigenvalue weighted by Gasteiger charge is 2.10. The van der Waals surface area contributed by atoms with Crippen molar-refractivity contribution in [1.29, 1.82) is 0 Å². The van der Waals surface area contributed by atoms with Crippen LogP contribution in [0, 0.1) is 5.92 Å². The zero-order valence-corrected chi connectivity index (χ0v) is 9.31. The lowest BCUT2D eigenvalue weighted by atomic mass is 10.2. The van der Waals surface area contributed by atoms with Gasteiger partial charge in [-0.2, -0.15) is 0 Å². The summed E-state index contributed by atoms with van der Waals surface area (Å²) in [4.78, 5) is 11.6. The van der Waals surface area contributed by atoms with Gasteiger partial charge >= 0.3 is 5.97 Å². The molecule has 0 saturated carbocycles. The van der Waals surface area contributed by atoms with Crippen molar-refractivity contribution in [2.24, 2.45) is 5.92 Å². The summed E-state index contributed by atoms with van der Waals surface area (Å²) in [6.45, 7) is 1.70. The molecule has 4 heteroatoms. The molecule has 1 N–H and O–H groups in total. The van der Waals surface area contributed by atoms with E-state index in [2.05, 4.69) is 0 Å². The third kappa shape index (κ3) is 3.60. The van der Waals surface area contributed by atoms with Gasteiger partial charge < -0.3 is 5.11 Å². The van der Waals surface area contributed by atoms with Crippen molar-refractivity contribution < 1.29 is 9.90 Å². The summed E-state index contributed by atoms with van der Waals surface area (Å²) in [6.07, 6.45) is 0. The molecule has 76 valence electrons. The van der Waals surface area contributed by atoms with Crippen molar-refractivity contribution in [3.63, 3.8) is 0 Å². The molecule has 0 unspecified atom stereocenters. The largest absolute Gasteiger partial charge is 0.481 e. The zero-order chi connectivity index (χ0) is 10.6. The first kappa shape index (κ1) is 11.4. The number of rotatable bonds is 4. The molecule has 14 heavy (non-hydrogen) atoms. The molecule has 0 spiro atoms. The number of carbonyl (C=O) groups is 1. The summed E-state index contributed by atoms with van der Waals surface area (Å²) < 4.78 is 0. The minimum atomic E-state index is -0.758. The SMILES string of the molecule is C[C@H](CSc1ccc(Cl)cc1)C(=O)O. The van der Waals surface area contributed by atoms with Crippen LogP contribution in [0.2, 0.25) is 5.02 Å². The van der Waals surface area contributed by atoms with E-state index in [9.17, 15) is 4.79 Å². The van der Waals surface area contributed by atoms with E-state index in [1.165, 1.54) is 11.8 Å². The van der Waals surface area contributed by atoms with Crippen LogP contribution >= 0.6 is 23.4 Å². The van der Waals surface area contributed by atoms with Crippen LogP contribution < -0.4 is 0 Å². The van der Waals surface area contributed by atoms with E-state index in [0.29, 0.717) is 10.8 Å². The maximum absolute atomic E-state index is 10.5. The van der Waals surface area contributed by atoms with Crippen LogP contribution in [-0.4, -0.2) is 16.8 Å². The maximum atomic E-state index is 10.5. The molecular formula is C10H11ClO2S. The lowest BCUT2D eigenvalue weighted by molar-refractivity contribution is -0.140. The molecule has 0 bridgehead atoms. The number of carboxylic acid groups (broad SMARTS) is 1. The molecular weight excluding hydrogens is 220 g/mol. The molecule has 0 heterocycles. The second-order valence-electron chi connectivity index (χ2n) is 3.00. The van der Waals surface area contributed by atoms with Crippen molar-refractivity contribution in [2.75, 3.05) is 5.75 Å². The minimum absolute atomic E-state index is 0.323. The van der Waals surface area contributed by atoms with Gasteiger partial charge in [0, 0.05) is 15.7 Å². The van der Waals surface area contributed by atoms with Crippen molar-refractivity contribution >= 4 is 29.3 Å². The van der Waals surface area contributed by atoms with Gasteiger partial charge in [0.15, 0.2) is 0 Å². The number of aliphatic carboxylic acids is 1. The second kappa shape index (κ2) is 5.27. The fourth-order valence-corrected chi connectivity index (χ4v) is 1.86. The van der Waals surface area contributed by atoms with Crippen molar-refractivity contribution in [3.05, 3.63) is 29.3 Å². The molecule has 0 aliphatic heterocycles. The fourth-order valence-electron chi connectivity index (χ4n) is 0.823. The lowest BCUT2D eigenvalue weighted by Crippen LogP contribution is -2.11. The van der Waals surface area contributed by atoms with Gasteiger partial charge in [0.1, 0.15) is 0 Å². The van der Waals surface area contributed by atoms with E-state index in [1.54, 1.807) is 19.1 Å². The van der Waals surface area contributed by atoms with E-state index < -0.39 is 5.97 Å². The smallest absolute Gasteiger partial charge is 0.307 e. The molecule has 0 amide bonds. The number of halogens is 1. The third-order valence-corrected chi connectivity index (χ3v) is 3.26. The Hall–Kier alpha value is -0.670. The Balaban J connectivity index is 2.46. The summed E-state index contributed by atoms with van der Waals surface area (Å²) in [5.74, 6) is -0.501. The van der Waals surface area contributed by atoms with Gasteiger partial charge in [-0.1, -0.05) is 18.5 Å². The molecule has 2 nitrogen and oxygen atoms in total. The van der Waals surface area contributed by atoms with Crippen LogP contribution in [0.15, 0.2) is 29.2 Å². The summed E-state index contributed by atoms with van der Waals surface area (Å²) in [7, 11) is 0. The number of hydrogen-bond donors (Lipinski definition) is 1. The number of carboxylic acids is 1. The Morgan fingerprint density at radius 2 is 2.07 bits per heavy atom. The van der Waals surface area contributed by atoms with Crippen LogP contribution in [0.4, 0.5) is 0 Å². The third-order valence-electron chi connectivity index (χ3n) is 1.74. The monoisotopic (exact) mass is 230 g/mol. The zero-order valence-electron chi connectivity index (χ0n) is 7.74. The van der Waals surface area contributed by atoms with E-state index in [1.807, 2.05) is 12.1 Å². The molecule has 1 aromatic carbocycles. The van der Waals surface area contributed by atoms with Crippen LogP contribution in [0.25, 0.3) is 0 Å². The van der Waals surface area contributed by atoms with Gasteiger partial charge in [-0.05, 0) is 24.3 Å². The van der Waals surface area contributed by atoms with E-state index >= 15 is 0 Å². The molecule has 0 aliphatic carbocycles. The Morgan fingerprint density at radius 1 is 1.50 bits per heavy atom. The van der Waals surface area contributed by atoms with E-state index in [0.717, 1.165) is 4.90 Å². The molecule has 0 aliphatic rings. The molecule has 0 fully saturated rings. The molecule has 0 radical (unpaired) electrons. The highest BCUT2D eigenvalue weighted by molar-refractivity contribution is 7.99. The Labute approximate surface area is 92.3 Å². The number of hydrogen-bond acceptors (Lipinski definition) is 2. The first-order valence-electron chi connectivity index (χ1n) is 4.21. The Morgan fingerprint density at radius 3 is 2.57 bits per heavy atom. The minimum Gasteiger partial charge on any atom is -0.481 e. The van der Waals surface area contributed by atoms with Gasteiger partial charge in [-0.15, -0.1) is 11.8 Å². The average molecular weight is 231 g/mol. The molecule has 1 aromatic rings. The van der Waals surface area contributed by atoms with Gasteiger partial charge in [-0.3, -0.25) is 4.79 Å². The van der Waals surface area contributed by atoms with Gasteiger partial charge in [0.05, 0.1) is 5.92 Å². The van der Waals surface area contributed by atoms with Crippen molar-refractivity contribution in [2.45, 2.75) is 11.8 Å². The lowest BCUT2D eigenvalue weighted by Gasteiger charge is -2.05. The van der Waals surface area contributed by atoms with Crippen LogP contribution in [0.3, 0.4) is 0 Å². The van der Waals surface area contributed by atoms with Crippen molar-refractivity contribution in [1.82, 2.24) is 0 Å². The summed E-state index contributed by atoms with van der Waals surface area (Å²) >= 11 is 7.25. The summed E-state index contributed by atoms with van der Waals surface area (Å²) in [6, 6.07) is 7.38. The van der Waals surface area contributed by atoms with E-state index in [-0.39, 0.29) is 5.92 Å². The second-order valence-corrected chi connectivity index (χ2v) is 4.53. The first-order valence-corrected chi connectivity index (χ1v) is 5.57. The van der Waals surface area contributed by atoms with Crippen LogP contribution in [0.5, 0.6) is 0 Å². The van der Waals surface area contributed by atoms with Gasteiger partial charge in [-0.25, -0.2) is 0 Å². The van der Waals surface area contributed by atoms with Crippen LogP contribution in [0.1, 0.15) is 6.92 Å². The molecule has 1 rings (SSSR count). The summed E-state index contributed by atoms with van der Waals surface area (Å²) in [5.41, 5.74) is 0. The molecule has 0 saturated heterocycles. The first-order chi connectivity index (χ1) is 6.59. The highest BCUT2D eigenvalue weighted by Crippen LogP contribution is 2.22. The number of thioether (sulfide) groups is 1. The normalized spacial score (nSPS) is 12.4. The number of benzene rings is 1. The topological polar surface area (TPSA) is 37.3 Å². The van der Waals surface area contributed by atoms with E-state index in [4.69, 9.17) is 16.7 Å². The fraction of sp³-hybridized carbons (Fsp3) is 0.300. The van der Waals surface area contributed by atoms with Crippen molar-refractivity contribution in [3.8, 4) is 0 Å². The quantitative estimate of drug-likeness (QED) is 0.808.